The van der Waals surface area contributed by atoms with E-state index >= 15 is 0 Å². The van der Waals surface area contributed by atoms with Gasteiger partial charge in [-0.1, -0.05) is 133 Å². The molecule has 0 fully saturated rings. The molecule has 492 valence electrons. The third kappa shape index (κ3) is 7.81. The zero-order valence-corrected chi connectivity index (χ0v) is 57.5. The maximum Gasteiger partial charge on any atom is 0.141 e. The average Bonchev–Trinajstić information content (AvgIpc) is 1.68. The highest BCUT2D eigenvalue weighted by Crippen LogP contribution is 2.61. The topological polar surface area (TPSA) is 87.1 Å². The number of hydrogen-bond acceptors (Lipinski definition) is 9. The molecule has 105 heavy (non-hydrogen) atoms. The molecule has 6 aliphatic heterocycles. The van der Waals surface area contributed by atoms with Crippen molar-refractivity contribution in [2.75, 3.05) is 14.7 Å². The van der Waals surface area contributed by atoms with Crippen molar-refractivity contribution in [2.45, 2.75) is 77.0 Å². The Morgan fingerprint density at radius 1 is 0.200 bits per heavy atom. The molecule has 0 unspecified atom stereocenters. The largest absolute Gasteiger partial charge is 0.308 e. The van der Waals surface area contributed by atoms with Crippen molar-refractivity contribution >= 4 is 51.3 Å². The van der Waals surface area contributed by atoms with Crippen molar-refractivity contribution < 1.29 is 0 Å². The van der Waals surface area contributed by atoms with Gasteiger partial charge in [-0.2, -0.15) is 0 Å². The molecule has 0 bridgehead atoms. The average molecular weight is 1340 g/mol. The molecule has 0 spiro atoms. The summed E-state index contributed by atoms with van der Waals surface area (Å²) in [6.45, 7) is 0. The van der Waals surface area contributed by atoms with Gasteiger partial charge in [-0.15, -0.1) is 0 Å². The van der Waals surface area contributed by atoms with Gasteiger partial charge in [0.25, 0.3) is 0 Å². The molecule has 0 saturated heterocycles. The van der Waals surface area contributed by atoms with Crippen LogP contribution in [0.2, 0.25) is 0 Å². The monoisotopic (exact) mass is 1340 g/mol. The van der Waals surface area contributed by atoms with E-state index in [1.807, 2.05) is 55.6 Å². The van der Waals surface area contributed by atoms with Gasteiger partial charge in [-0.25, -0.2) is 4.98 Å². The van der Waals surface area contributed by atoms with Crippen LogP contribution < -0.4 is 14.7 Å². The van der Waals surface area contributed by atoms with Crippen LogP contribution in [0.4, 0.5) is 51.3 Å². The number of benzene rings is 9. The van der Waals surface area contributed by atoms with Gasteiger partial charge in [0.05, 0.1) is 68.8 Å². The smallest absolute Gasteiger partial charge is 0.141 e. The van der Waals surface area contributed by atoms with E-state index in [0.29, 0.717) is 0 Å². The zero-order chi connectivity index (χ0) is 68.0. The summed E-state index contributed by atoms with van der Waals surface area (Å²) in [5, 5.41) is 0. The Kier molecular flexibility index (Phi) is 11.4. The minimum atomic E-state index is 0.845. The Labute approximate surface area is 607 Å². The van der Waals surface area contributed by atoms with Crippen LogP contribution >= 0.6 is 0 Å². The minimum Gasteiger partial charge on any atom is -0.308 e. The van der Waals surface area contributed by atoms with Gasteiger partial charge in [0.2, 0.25) is 0 Å². The maximum absolute atomic E-state index is 4.87. The van der Waals surface area contributed by atoms with E-state index in [1.165, 1.54) is 235 Å². The van der Waals surface area contributed by atoms with Crippen molar-refractivity contribution in [2.24, 2.45) is 0 Å². The molecule has 9 heteroatoms. The van der Waals surface area contributed by atoms with Crippen LogP contribution in [0.25, 0.3) is 66.8 Å². The summed E-state index contributed by atoms with van der Waals surface area (Å²) in [5.74, 6) is 1.05. The molecule has 6 aliphatic carbocycles. The highest BCUT2D eigenvalue weighted by atomic mass is 15.2. The Morgan fingerprint density at radius 2 is 0.571 bits per heavy atom. The molecular weight excluding hydrogens is 1280 g/mol. The predicted molar refractivity (Wildman–Crippen MR) is 416 cm³/mol. The van der Waals surface area contributed by atoms with Crippen LogP contribution in [-0.4, -0.2) is 29.9 Å². The van der Waals surface area contributed by atoms with Crippen LogP contribution in [0, 0.1) is 0 Å². The lowest BCUT2D eigenvalue weighted by molar-refractivity contribution is 0.939. The molecule has 6 aromatic heterocycles. The van der Waals surface area contributed by atoms with E-state index in [9.17, 15) is 0 Å². The first-order chi connectivity index (χ1) is 52.0. The van der Waals surface area contributed by atoms with E-state index in [-0.39, 0.29) is 0 Å². The van der Waals surface area contributed by atoms with Crippen LogP contribution in [0.5, 0.6) is 0 Å². The number of nitrogens with zero attached hydrogens (tertiary/aromatic N) is 9. The number of fused-ring (bicyclic) bond motifs is 36. The van der Waals surface area contributed by atoms with Crippen LogP contribution in [-0.2, 0) is 77.0 Å². The van der Waals surface area contributed by atoms with Crippen LogP contribution in [0.15, 0.2) is 238 Å². The van der Waals surface area contributed by atoms with Gasteiger partial charge in [0.1, 0.15) is 5.82 Å². The Hall–Kier alpha value is -12.7. The van der Waals surface area contributed by atoms with Crippen molar-refractivity contribution in [3.8, 4) is 66.8 Å². The Morgan fingerprint density at radius 3 is 1.07 bits per heavy atom. The fourth-order valence-electron chi connectivity index (χ4n) is 21.1. The molecular formula is C96H63N9. The van der Waals surface area contributed by atoms with Gasteiger partial charge in [0, 0.05) is 93.0 Å². The summed E-state index contributed by atoms with van der Waals surface area (Å²) in [6.07, 6.45) is 27.3. The Balaban J connectivity index is 0.0000000914. The summed E-state index contributed by atoms with van der Waals surface area (Å²) in [6, 6.07) is 70.3. The highest BCUT2D eigenvalue weighted by molar-refractivity contribution is 6.01. The van der Waals surface area contributed by atoms with Gasteiger partial charge < -0.3 is 9.80 Å². The van der Waals surface area contributed by atoms with Crippen molar-refractivity contribution in [1.29, 1.82) is 0 Å². The molecule has 15 aromatic rings. The minimum absolute atomic E-state index is 0.845. The molecule has 9 aromatic carbocycles. The fraction of sp³-hybridized carbons (Fsp3) is 0.125. The van der Waals surface area contributed by atoms with E-state index in [4.69, 9.17) is 19.9 Å². The maximum atomic E-state index is 4.87. The van der Waals surface area contributed by atoms with E-state index in [0.717, 1.165) is 94.3 Å². The first kappa shape index (κ1) is 56.9. The van der Waals surface area contributed by atoms with Crippen molar-refractivity contribution in [1.82, 2.24) is 29.9 Å². The van der Waals surface area contributed by atoms with Gasteiger partial charge in [-0.05, 0) is 266 Å². The normalized spacial score (nSPS) is 14.9. The number of hydrogen-bond donors (Lipinski definition) is 0. The third-order valence-electron chi connectivity index (χ3n) is 25.4. The standard InChI is InChI=1S/3C32H21N3/c1-2-6-23-18(4-1)15-25-24(23)9-7-19-14-20-8-10-28-26(30(20)29(19)25)16-21-11-13-33-27-17-22-5-3-12-34-32(22)35(28)31(21)27;1-2-4-23-18(3-1)14-25-24(23)7-5-19-13-20-6-8-29-26(31(20)30(19)25)15-21-9-12-34-27-16-22-17-33-11-10-28(22)35(29)32(21)27;1-2-4-23-18(3-1)14-25-24(23)7-5-20-13-21-6-8-28-26(31(21)30(20)25)15-22-10-12-34-27-16-19-9-11-33-17-29(19)35(28)32(22)27/h1-13H,14-17H2;2*1-12,17H,13-16H2. The number of rotatable bonds is 0. The second-order valence-corrected chi connectivity index (χ2v) is 30.6. The van der Waals surface area contributed by atoms with Crippen LogP contribution in [0.1, 0.15) is 134 Å². The molecule has 9 nitrogen and oxygen atoms in total. The van der Waals surface area contributed by atoms with Crippen LogP contribution in [0.3, 0.4) is 0 Å². The lowest BCUT2D eigenvalue weighted by Gasteiger charge is -2.39. The zero-order valence-electron chi connectivity index (χ0n) is 57.5. The summed E-state index contributed by atoms with van der Waals surface area (Å²) in [7, 11) is 0. The molecule has 0 atom stereocenters. The first-order valence-corrected chi connectivity index (χ1v) is 37.3. The fourth-order valence-corrected chi connectivity index (χ4v) is 21.1. The quantitative estimate of drug-likeness (QED) is 0.147. The summed E-state index contributed by atoms with van der Waals surface area (Å²) in [4.78, 5) is 35.5. The number of pyridine rings is 6. The second-order valence-electron chi connectivity index (χ2n) is 30.6. The number of aromatic nitrogens is 6. The second kappa shape index (κ2) is 21.0. The highest BCUT2D eigenvalue weighted by Gasteiger charge is 2.42. The SMILES string of the molecule is c1ccc2c(c1)Cc1c-2ccc2c1-c1c(ccc3c1Cc1ccnc4c1N3c1ccncc1C4)C2.c1ccc2c(c1)Cc1c-2ccc2c1-c1c(ccc3c1Cc1ccnc4c1N3c1cnccc1C4)C2.c1ccc2c(c1)Cc1c-2ccc2c1-c1c(ccc3c1Cc1ccnc4c1N3c1ncccc1C4)C2. The molecule has 12 aliphatic rings. The molecule has 27 rings (SSSR count). The first-order valence-electron chi connectivity index (χ1n) is 37.3. The molecule has 0 N–H and O–H groups in total. The Bertz CT molecular complexity index is 5910. The number of anilines is 9. The summed E-state index contributed by atoms with van der Waals surface area (Å²) in [5.41, 5.74) is 60.9. The van der Waals surface area contributed by atoms with Crippen molar-refractivity contribution in [3.63, 3.8) is 0 Å². The third-order valence-corrected chi connectivity index (χ3v) is 25.4. The molecule has 12 heterocycles. The summed E-state index contributed by atoms with van der Waals surface area (Å²) >= 11 is 0. The summed E-state index contributed by atoms with van der Waals surface area (Å²) < 4.78 is 0. The van der Waals surface area contributed by atoms with Gasteiger partial charge in [0.15, 0.2) is 0 Å². The van der Waals surface area contributed by atoms with E-state index < -0.39 is 0 Å². The lowest BCUT2D eigenvalue weighted by Crippen LogP contribution is -2.26. The lowest BCUT2D eigenvalue weighted by atomic mass is 9.84. The molecule has 0 saturated carbocycles. The van der Waals surface area contributed by atoms with Gasteiger partial charge >= 0.3 is 0 Å². The van der Waals surface area contributed by atoms with E-state index in [2.05, 4.69) is 207 Å². The molecule has 0 amide bonds. The predicted octanol–water partition coefficient (Wildman–Crippen LogP) is 20.7. The van der Waals surface area contributed by atoms with Gasteiger partial charge in [-0.3, -0.25) is 29.8 Å². The van der Waals surface area contributed by atoms with E-state index in [1.54, 1.807) is 0 Å². The van der Waals surface area contributed by atoms with Crippen molar-refractivity contribution in [3.05, 3.63) is 372 Å². The molecule has 0 radical (unpaired) electrons.